The van der Waals surface area contributed by atoms with E-state index in [1.807, 2.05) is 19.9 Å². The molecule has 0 aromatic heterocycles. The van der Waals surface area contributed by atoms with Crippen LogP contribution in [0.5, 0.6) is 5.75 Å². The molecule has 1 fully saturated rings. The van der Waals surface area contributed by atoms with Crippen molar-refractivity contribution in [1.82, 2.24) is 0 Å². The number of benzene rings is 2. The summed E-state index contributed by atoms with van der Waals surface area (Å²) < 4.78 is 56.8. The molecule has 2 atom stereocenters. The highest BCUT2D eigenvalue weighted by Gasteiger charge is 2.32. The number of aliphatic hydroxyl groups excluding tert-OH is 1. The molecule has 3 rings (SSSR count). The molecule has 1 aliphatic carbocycles. The summed E-state index contributed by atoms with van der Waals surface area (Å²) in [7, 11) is 0. The zero-order valence-corrected chi connectivity index (χ0v) is 18.1. The zero-order valence-electron chi connectivity index (χ0n) is 18.1. The minimum atomic E-state index is -4.42. The summed E-state index contributed by atoms with van der Waals surface area (Å²) in [6.45, 7) is 5.51. The Hall–Kier alpha value is -2.34. The Balaban J connectivity index is 0.000000412. The van der Waals surface area contributed by atoms with E-state index >= 15 is 0 Å². The molecule has 2 nitrogen and oxygen atoms in total. The van der Waals surface area contributed by atoms with Gasteiger partial charge in [-0.05, 0) is 74.4 Å². The molecule has 0 unspecified atom stereocenters. The number of alkyl halides is 3. The predicted octanol–water partition coefficient (Wildman–Crippen LogP) is 7.13. The lowest BCUT2D eigenvalue weighted by atomic mass is 9.96. The van der Waals surface area contributed by atoms with Crippen molar-refractivity contribution < 1.29 is 27.4 Å². The second kappa shape index (κ2) is 11.3. The predicted molar refractivity (Wildman–Crippen MR) is 115 cm³/mol. The van der Waals surface area contributed by atoms with Gasteiger partial charge < -0.3 is 9.84 Å². The molecule has 1 aliphatic rings. The number of hydrogen-bond donors (Lipinski definition) is 1. The molecule has 6 heteroatoms. The molecular formula is C25H30F4O2. The molecule has 0 amide bonds. The minimum Gasteiger partial charge on any atom is -0.490 e. The summed E-state index contributed by atoms with van der Waals surface area (Å²) in [5.74, 6) is 1.11. The van der Waals surface area contributed by atoms with Crippen LogP contribution in [0.1, 0.15) is 51.2 Å². The Morgan fingerprint density at radius 3 is 2.26 bits per heavy atom. The summed E-state index contributed by atoms with van der Waals surface area (Å²) in [5, 5.41) is 9.75. The number of halogens is 4. The van der Waals surface area contributed by atoms with E-state index in [0.29, 0.717) is 28.7 Å². The van der Waals surface area contributed by atoms with Gasteiger partial charge in [-0.15, -0.1) is 0 Å². The number of ether oxygens (including phenoxy) is 1. The van der Waals surface area contributed by atoms with Crippen molar-refractivity contribution >= 4 is 5.57 Å². The summed E-state index contributed by atoms with van der Waals surface area (Å²) in [6, 6.07) is 11.4. The van der Waals surface area contributed by atoms with Crippen molar-refractivity contribution in [2.45, 2.75) is 52.3 Å². The van der Waals surface area contributed by atoms with Crippen LogP contribution < -0.4 is 4.74 Å². The zero-order chi connectivity index (χ0) is 23.0. The van der Waals surface area contributed by atoms with Crippen LogP contribution >= 0.6 is 0 Å². The van der Waals surface area contributed by atoms with Crippen molar-refractivity contribution in [3.8, 4) is 5.75 Å². The number of allylic oxidation sites excluding steroid dienone is 1. The lowest BCUT2D eigenvalue weighted by molar-refractivity contribution is -0.137. The maximum absolute atomic E-state index is 13.1. The molecule has 2 aromatic carbocycles. The second-order valence-corrected chi connectivity index (χ2v) is 8.20. The Labute approximate surface area is 181 Å². The number of hydrogen-bond acceptors (Lipinski definition) is 2. The molecule has 31 heavy (non-hydrogen) atoms. The fourth-order valence-electron chi connectivity index (χ4n) is 3.64. The first-order valence-electron chi connectivity index (χ1n) is 10.5. The van der Waals surface area contributed by atoms with E-state index in [1.165, 1.54) is 18.2 Å². The van der Waals surface area contributed by atoms with E-state index in [0.717, 1.165) is 31.4 Å². The fourth-order valence-corrected chi connectivity index (χ4v) is 3.64. The van der Waals surface area contributed by atoms with E-state index in [2.05, 4.69) is 6.92 Å². The van der Waals surface area contributed by atoms with Crippen molar-refractivity contribution in [1.29, 1.82) is 0 Å². The van der Waals surface area contributed by atoms with Crippen molar-refractivity contribution in [3.63, 3.8) is 0 Å². The van der Waals surface area contributed by atoms with Gasteiger partial charge in [0.25, 0.3) is 0 Å². The molecule has 170 valence electrons. The van der Waals surface area contributed by atoms with Gasteiger partial charge in [-0.3, -0.25) is 0 Å². The summed E-state index contributed by atoms with van der Waals surface area (Å²) in [6.07, 6.45) is 0.455. The molecule has 1 saturated carbocycles. The second-order valence-electron chi connectivity index (χ2n) is 8.20. The van der Waals surface area contributed by atoms with Gasteiger partial charge in [-0.2, -0.15) is 13.2 Å². The summed E-state index contributed by atoms with van der Waals surface area (Å²) in [4.78, 5) is 0. The molecule has 0 heterocycles. The number of rotatable bonds is 5. The van der Waals surface area contributed by atoms with Crippen molar-refractivity contribution in [2.24, 2.45) is 11.8 Å². The molecule has 2 aromatic rings. The SMILES string of the molecule is CC(C)Oc1ccc(C(F)(F)F)cc1/C(=C/[C@@H]1CC[C@H](C)C1)CO.Fc1ccccc1. The number of aliphatic hydroxyl groups is 1. The van der Waals surface area contributed by atoms with Gasteiger partial charge in [0.05, 0.1) is 18.3 Å². The first kappa shape index (κ1) is 24.9. The average molecular weight is 439 g/mol. The van der Waals surface area contributed by atoms with Gasteiger partial charge in [-0.25, -0.2) is 4.39 Å². The van der Waals surface area contributed by atoms with Gasteiger partial charge in [0.15, 0.2) is 0 Å². The van der Waals surface area contributed by atoms with Crippen molar-refractivity contribution in [2.75, 3.05) is 6.61 Å². The van der Waals surface area contributed by atoms with Crippen LogP contribution in [0.3, 0.4) is 0 Å². The Morgan fingerprint density at radius 2 is 1.81 bits per heavy atom. The van der Waals surface area contributed by atoms with Crippen LogP contribution in [0, 0.1) is 17.7 Å². The third-order valence-corrected chi connectivity index (χ3v) is 5.09. The van der Waals surface area contributed by atoms with E-state index in [1.54, 1.807) is 18.2 Å². The minimum absolute atomic E-state index is 0.160. The Morgan fingerprint density at radius 1 is 1.13 bits per heavy atom. The van der Waals surface area contributed by atoms with Crippen LogP contribution in [-0.2, 0) is 6.18 Å². The van der Waals surface area contributed by atoms with Crippen molar-refractivity contribution in [3.05, 3.63) is 71.6 Å². The monoisotopic (exact) mass is 438 g/mol. The van der Waals surface area contributed by atoms with Crippen LogP contribution in [0.2, 0.25) is 0 Å². The molecule has 0 radical (unpaired) electrons. The highest BCUT2D eigenvalue weighted by atomic mass is 19.4. The molecule has 0 bridgehead atoms. The quantitative estimate of drug-likeness (QED) is 0.503. The Bertz CT molecular complexity index is 844. The highest BCUT2D eigenvalue weighted by molar-refractivity contribution is 5.72. The third-order valence-electron chi connectivity index (χ3n) is 5.09. The topological polar surface area (TPSA) is 29.5 Å². The highest BCUT2D eigenvalue weighted by Crippen LogP contribution is 2.38. The Kier molecular flexibility index (Phi) is 9.11. The van der Waals surface area contributed by atoms with E-state index in [-0.39, 0.29) is 18.5 Å². The van der Waals surface area contributed by atoms with Gasteiger partial charge in [0, 0.05) is 5.56 Å². The van der Waals surface area contributed by atoms with E-state index in [4.69, 9.17) is 4.74 Å². The van der Waals surface area contributed by atoms with Gasteiger partial charge in [0.1, 0.15) is 11.6 Å². The molecule has 0 saturated heterocycles. The first-order valence-corrected chi connectivity index (χ1v) is 10.5. The standard InChI is InChI=1S/C19H25F3O2.C6H5F/c1-12(2)24-18-7-6-16(19(20,21)22)10-17(18)15(11-23)9-14-5-4-13(3)8-14;7-6-4-2-1-3-5-6/h6-7,9-10,12-14,23H,4-5,8,11H2,1-3H3;1-5H/b15-9+;/t13-,14+;/m0./s1. The van der Waals surface area contributed by atoms with E-state index in [9.17, 15) is 22.7 Å². The van der Waals surface area contributed by atoms with Gasteiger partial charge >= 0.3 is 6.18 Å². The summed E-state index contributed by atoms with van der Waals surface area (Å²) >= 11 is 0. The largest absolute Gasteiger partial charge is 0.490 e. The molecular weight excluding hydrogens is 408 g/mol. The lowest BCUT2D eigenvalue weighted by Gasteiger charge is -2.18. The summed E-state index contributed by atoms with van der Waals surface area (Å²) in [5.41, 5.74) is 0.115. The van der Waals surface area contributed by atoms with Crippen LogP contribution in [0.25, 0.3) is 5.57 Å². The smallest absolute Gasteiger partial charge is 0.416 e. The third kappa shape index (κ3) is 8.02. The normalized spacial score (nSPS) is 19.2. The maximum atomic E-state index is 13.1. The lowest BCUT2D eigenvalue weighted by Crippen LogP contribution is -2.11. The van der Waals surface area contributed by atoms with Crippen LogP contribution in [0.4, 0.5) is 17.6 Å². The molecule has 1 N–H and O–H groups in total. The first-order chi connectivity index (χ1) is 14.6. The van der Waals surface area contributed by atoms with Crippen LogP contribution in [0.15, 0.2) is 54.6 Å². The fraction of sp³-hybridized carbons (Fsp3) is 0.440. The van der Waals surface area contributed by atoms with Crippen LogP contribution in [-0.4, -0.2) is 17.8 Å². The van der Waals surface area contributed by atoms with E-state index < -0.39 is 11.7 Å². The molecule has 0 aliphatic heterocycles. The molecule has 0 spiro atoms. The van der Waals surface area contributed by atoms with Gasteiger partial charge in [-0.1, -0.05) is 37.6 Å². The average Bonchev–Trinajstić information content (AvgIpc) is 3.11. The maximum Gasteiger partial charge on any atom is 0.416 e. The van der Waals surface area contributed by atoms with Gasteiger partial charge in [0.2, 0.25) is 0 Å².